The summed E-state index contributed by atoms with van der Waals surface area (Å²) in [5, 5.41) is 13.0. The van der Waals surface area contributed by atoms with Gasteiger partial charge in [-0.3, -0.25) is 0 Å². The van der Waals surface area contributed by atoms with Crippen LogP contribution in [0.2, 0.25) is 0 Å². The van der Waals surface area contributed by atoms with E-state index >= 15 is 0 Å². The molecule has 3 nitrogen and oxygen atoms in total. The van der Waals surface area contributed by atoms with Crippen LogP contribution in [0.5, 0.6) is 5.75 Å². The van der Waals surface area contributed by atoms with Crippen LogP contribution >= 0.6 is 15.9 Å². The Kier molecular flexibility index (Phi) is 5.59. The molecule has 21 heavy (non-hydrogen) atoms. The van der Waals surface area contributed by atoms with Crippen molar-refractivity contribution in [3.63, 3.8) is 0 Å². The zero-order chi connectivity index (χ0) is 15.2. The monoisotopic (exact) mass is 353 g/mol. The van der Waals surface area contributed by atoms with Crippen molar-refractivity contribution in [1.29, 1.82) is 0 Å². The standard InChI is InChI=1S/C16H17BrFNO2/c1-11-3-2-4-14(7-11)21-10-13(20)9-19-16-6-5-12(18)8-15(16)17/h2-8,13,19-20H,9-10H2,1H3. The fourth-order valence-electron chi connectivity index (χ4n) is 1.82. The van der Waals surface area contributed by atoms with E-state index in [-0.39, 0.29) is 12.4 Å². The highest BCUT2D eigenvalue weighted by molar-refractivity contribution is 9.10. The molecule has 0 spiro atoms. The quantitative estimate of drug-likeness (QED) is 0.830. The predicted octanol–water partition coefficient (Wildman–Crippen LogP) is 3.75. The summed E-state index contributed by atoms with van der Waals surface area (Å²) < 4.78 is 19.1. The molecule has 5 heteroatoms. The number of aryl methyl sites for hydroxylation is 1. The van der Waals surface area contributed by atoms with E-state index in [2.05, 4.69) is 21.2 Å². The molecule has 0 fully saturated rings. The van der Waals surface area contributed by atoms with Crippen LogP contribution < -0.4 is 10.1 Å². The van der Waals surface area contributed by atoms with Gasteiger partial charge in [-0.15, -0.1) is 0 Å². The van der Waals surface area contributed by atoms with Crippen LogP contribution in [-0.4, -0.2) is 24.4 Å². The minimum absolute atomic E-state index is 0.190. The Labute approximate surface area is 131 Å². The van der Waals surface area contributed by atoms with E-state index < -0.39 is 6.10 Å². The lowest BCUT2D eigenvalue weighted by molar-refractivity contribution is 0.117. The van der Waals surface area contributed by atoms with Crippen molar-refractivity contribution < 1.29 is 14.2 Å². The van der Waals surface area contributed by atoms with Gasteiger partial charge in [0.1, 0.15) is 24.3 Å². The molecule has 0 saturated carbocycles. The van der Waals surface area contributed by atoms with Crippen molar-refractivity contribution in [3.05, 3.63) is 58.3 Å². The lowest BCUT2D eigenvalue weighted by Crippen LogP contribution is -2.26. The molecule has 1 atom stereocenters. The SMILES string of the molecule is Cc1cccc(OCC(O)CNc2ccc(F)cc2Br)c1. The number of hydrogen-bond acceptors (Lipinski definition) is 3. The van der Waals surface area contributed by atoms with E-state index in [0.717, 1.165) is 17.0 Å². The summed E-state index contributed by atoms with van der Waals surface area (Å²) in [7, 11) is 0. The molecule has 2 rings (SSSR count). The zero-order valence-corrected chi connectivity index (χ0v) is 13.2. The van der Waals surface area contributed by atoms with Gasteiger partial charge in [0.05, 0.1) is 0 Å². The average molecular weight is 354 g/mol. The normalized spacial score (nSPS) is 12.0. The third kappa shape index (κ3) is 5.02. The van der Waals surface area contributed by atoms with E-state index in [0.29, 0.717) is 11.0 Å². The van der Waals surface area contributed by atoms with Gasteiger partial charge in [-0.2, -0.15) is 0 Å². The number of aliphatic hydroxyl groups is 1. The van der Waals surface area contributed by atoms with Crippen LogP contribution in [0.15, 0.2) is 46.9 Å². The molecule has 0 amide bonds. The molecule has 1 unspecified atom stereocenters. The number of rotatable bonds is 6. The van der Waals surface area contributed by atoms with Crippen LogP contribution in [0.3, 0.4) is 0 Å². The van der Waals surface area contributed by atoms with Gasteiger partial charge in [-0.05, 0) is 58.7 Å². The molecular formula is C16H17BrFNO2. The summed E-state index contributed by atoms with van der Waals surface area (Å²) in [6.07, 6.45) is -0.664. The molecule has 2 N–H and O–H groups in total. The number of ether oxygens (including phenoxy) is 1. The molecule has 0 aliphatic carbocycles. The van der Waals surface area contributed by atoms with Crippen LogP contribution in [0.25, 0.3) is 0 Å². The maximum atomic E-state index is 13.0. The van der Waals surface area contributed by atoms with Crippen LogP contribution in [-0.2, 0) is 0 Å². The highest BCUT2D eigenvalue weighted by Crippen LogP contribution is 2.22. The number of hydrogen-bond donors (Lipinski definition) is 2. The second-order valence-corrected chi connectivity index (χ2v) is 5.64. The van der Waals surface area contributed by atoms with E-state index in [1.54, 1.807) is 6.07 Å². The maximum absolute atomic E-state index is 13.0. The number of anilines is 1. The highest BCUT2D eigenvalue weighted by Gasteiger charge is 2.07. The molecule has 0 saturated heterocycles. The Morgan fingerprint density at radius 2 is 2.10 bits per heavy atom. The summed E-state index contributed by atoms with van der Waals surface area (Å²) in [4.78, 5) is 0. The van der Waals surface area contributed by atoms with Crippen molar-refractivity contribution >= 4 is 21.6 Å². The zero-order valence-electron chi connectivity index (χ0n) is 11.6. The van der Waals surface area contributed by atoms with Gasteiger partial charge in [-0.25, -0.2) is 4.39 Å². The predicted molar refractivity (Wildman–Crippen MR) is 85.3 cm³/mol. The maximum Gasteiger partial charge on any atom is 0.124 e. The summed E-state index contributed by atoms with van der Waals surface area (Å²) in [6, 6.07) is 12.0. The molecule has 0 radical (unpaired) electrons. The molecule has 0 aromatic heterocycles. The van der Waals surface area contributed by atoms with Gasteiger partial charge in [0, 0.05) is 16.7 Å². The largest absolute Gasteiger partial charge is 0.491 e. The summed E-state index contributed by atoms with van der Waals surface area (Å²) in [6.45, 7) is 2.49. The molecule has 0 aliphatic heterocycles. The number of aliphatic hydroxyl groups excluding tert-OH is 1. The minimum atomic E-state index is -0.664. The van der Waals surface area contributed by atoms with Gasteiger partial charge < -0.3 is 15.2 Å². The number of halogens is 2. The molecule has 2 aromatic rings. The summed E-state index contributed by atoms with van der Waals surface area (Å²) >= 11 is 3.27. The first-order valence-corrected chi connectivity index (χ1v) is 7.40. The lowest BCUT2D eigenvalue weighted by atomic mass is 10.2. The second-order valence-electron chi connectivity index (χ2n) is 4.79. The number of nitrogens with one attached hydrogen (secondary N) is 1. The molecule has 112 valence electrons. The Morgan fingerprint density at radius 1 is 1.29 bits per heavy atom. The van der Waals surface area contributed by atoms with Gasteiger partial charge in [0.2, 0.25) is 0 Å². The van der Waals surface area contributed by atoms with Gasteiger partial charge in [-0.1, -0.05) is 12.1 Å². The first-order chi connectivity index (χ1) is 10.0. The average Bonchev–Trinajstić information content (AvgIpc) is 2.44. The first kappa shape index (κ1) is 15.8. The Morgan fingerprint density at radius 3 is 2.81 bits per heavy atom. The lowest BCUT2D eigenvalue weighted by Gasteiger charge is -2.15. The summed E-state index contributed by atoms with van der Waals surface area (Å²) in [5.41, 5.74) is 1.83. The second kappa shape index (κ2) is 7.43. The van der Waals surface area contributed by atoms with E-state index in [4.69, 9.17) is 4.74 Å². The third-order valence-corrected chi connectivity index (χ3v) is 3.55. The Hall–Kier alpha value is -1.59. The van der Waals surface area contributed by atoms with E-state index in [1.165, 1.54) is 12.1 Å². The van der Waals surface area contributed by atoms with Gasteiger partial charge in [0.15, 0.2) is 0 Å². The van der Waals surface area contributed by atoms with Crippen LogP contribution in [0.1, 0.15) is 5.56 Å². The van der Waals surface area contributed by atoms with E-state index in [1.807, 2.05) is 31.2 Å². The Balaban J connectivity index is 1.80. The molecule has 0 bridgehead atoms. The van der Waals surface area contributed by atoms with Crippen molar-refractivity contribution in [2.45, 2.75) is 13.0 Å². The van der Waals surface area contributed by atoms with Crippen molar-refractivity contribution in [3.8, 4) is 5.75 Å². The smallest absolute Gasteiger partial charge is 0.124 e. The highest BCUT2D eigenvalue weighted by atomic mass is 79.9. The topological polar surface area (TPSA) is 41.5 Å². The fraction of sp³-hybridized carbons (Fsp3) is 0.250. The van der Waals surface area contributed by atoms with Gasteiger partial charge >= 0.3 is 0 Å². The van der Waals surface area contributed by atoms with E-state index in [9.17, 15) is 9.50 Å². The minimum Gasteiger partial charge on any atom is -0.491 e. The summed E-state index contributed by atoms with van der Waals surface area (Å²) in [5.74, 6) is 0.424. The van der Waals surface area contributed by atoms with Crippen molar-refractivity contribution in [2.24, 2.45) is 0 Å². The van der Waals surface area contributed by atoms with Crippen LogP contribution in [0.4, 0.5) is 10.1 Å². The van der Waals surface area contributed by atoms with Crippen molar-refractivity contribution in [2.75, 3.05) is 18.5 Å². The number of benzene rings is 2. The third-order valence-electron chi connectivity index (χ3n) is 2.89. The van der Waals surface area contributed by atoms with Crippen LogP contribution in [0, 0.1) is 12.7 Å². The molecule has 0 heterocycles. The molecule has 2 aromatic carbocycles. The van der Waals surface area contributed by atoms with Crippen molar-refractivity contribution in [1.82, 2.24) is 0 Å². The van der Waals surface area contributed by atoms with Gasteiger partial charge in [0.25, 0.3) is 0 Å². The molecular weight excluding hydrogens is 337 g/mol. The fourth-order valence-corrected chi connectivity index (χ4v) is 2.31. The molecule has 0 aliphatic rings. The Bertz CT molecular complexity index is 607. The first-order valence-electron chi connectivity index (χ1n) is 6.61.